The highest BCUT2D eigenvalue weighted by atomic mass is 16.5. The molecule has 5 nitrogen and oxygen atoms in total. The van der Waals surface area contributed by atoms with E-state index in [1.165, 1.54) is 6.20 Å². The summed E-state index contributed by atoms with van der Waals surface area (Å²) in [5, 5.41) is 8.63. The van der Waals surface area contributed by atoms with Crippen LogP contribution in [0.5, 0.6) is 0 Å². The van der Waals surface area contributed by atoms with Crippen LogP contribution >= 0.6 is 0 Å². The van der Waals surface area contributed by atoms with Gasteiger partial charge in [0, 0.05) is 18.6 Å². The Kier molecular flexibility index (Phi) is 3.41. The summed E-state index contributed by atoms with van der Waals surface area (Å²) in [6, 6.07) is 4.79. The molecular weight excluding hydrogens is 210 g/mol. The van der Waals surface area contributed by atoms with Gasteiger partial charge in [0.2, 0.25) is 6.50 Å². The highest BCUT2D eigenvalue weighted by Gasteiger charge is 2.15. The quantitative estimate of drug-likeness (QED) is 0.574. The van der Waals surface area contributed by atoms with Crippen LogP contribution in [0.15, 0.2) is 24.4 Å². The molecule has 0 unspecified atom stereocenters. The largest absolute Gasteiger partial charge is 0.481 e. The summed E-state index contributed by atoms with van der Waals surface area (Å²) in [5.74, 6) is -2.01. The van der Waals surface area contributed by atoms with Crippen molar-refractivity contribution in [1.29, 1.82) is 0 Å². The summed E-state index contributed by atoms with van der Waals surface area (Å²) in [7, 11) is 1.10. The first-order valence-electron chi connectivity index (χ1n) is 5.70. The molecule has 0 bridgehead atoms. The average molecular weight is 226 g/mol. The van der Waals surface area contributed by atoms with Crippen LogP contribution in [0.1, 0.15) is 14.9 Å². The Labute approximate surface area is 96.1 Å². The Morgan fingerprint density at radius 3 is 2.94 bits per heavy atom. The maximum absolute atomic E-state index is 11.4. The van der Waals surface area contributed by atoms with Gasteiger partial charge in [-0.25, -0.2) is 4.79 Å². The number of carbonyl (C=O) groups is 2. The van der Waals surface area contributed by atoms with Crippen LogP contribution in [0, 0.1) is 0 Å². The van der Waals surface area contributed by atoms with Crippen molar-refractivity contribution in [2.75, 3.05) is 7.11 Å². The van der Waals surface area contributed by atoms with E-state index in [9.17, 15) is 9.59 Å². The number of aromatic nitrogens is 1. The number of hydrogen-bond donors (Lipinski definition) is 1. The van der Waals surface area contributed by atoms with E-state index in [0.29, 0.717) is 5.69 Å². The van der Waals surface area contributed by atoms with Crippen molar-refractivity contribution in [3.8, 4) is 0 Å². The first-order valence-corrected chi connectivity index (χ1v) is 4.70. The molecule has 0 radical (unpaired) electrons. The van der Waals surface area contributed by atoms with Gasteiger partial charge in [-0.15, -0.1) is 0 Å². The Morgan fingerprint density at radius 2 is 2.31 bits per heavy atom. The molecule has 1 heterocycles. The number of methoxy groups -OCH3 is 1. The van der Waals surface area contributed by atoms with Gasteiger partial charge >= 0.3 is 11.9 Å². The molecule has 1 rings (SSSR count). The normalized spacial score (nSPS) is 12.6. The first kappa shape index (κ1) is 9.33. The smallest absolute Gasteiger partial charge is 0.372 e. The van der Waals surface area contributed by atoms with Crippen LogP contribution in [0.25, 0.3) is 0 Å². The lowest BCUT2D eigenvalue weighted by atomic mass is 10.2. The molecule has 0 atom stereocenters. The molecule has 0 saturated heterocycles. The Bertz CT molecular complexity index is 462. The maximum Gasteiger partial charge on any atom is 0.372 e. The van der Waals surface area contributed by atoms with Crippen LogP contribution in [0.4, 0.5) is 0 Å². The lowest BCUT2D eigenvalue weighted by Gasteiger charge is -2.01. The van der Waals surface area contributed by atoms with Crippen LogP contribution in [0.3, 0.4) is 0 Å². The number of aliphatic carboxylic acids is 1. The Hall–Kier alpha value is -1.91. The molecule has 0 spiro atoms. The molecular formula is C11H14NO4+. The molecule has 0 aliphatic carbocycles. The van der Waals surface area contributed by atoms with E-state index in [-0.39, 0.29) is 12.8 Å². The fourth-order valence-corrected chi connectivity index (χ4v) is 1.17. The van der Waals surface area contributed by atoms with E-state index in [1.807, 2.05) is 0 Å². The SMILES string of the molecule is [2H]C([2H])(C(=O)OC)[n+]1ccccc1CCC(=O)O. The number of hydrogen-bond acceptors (Lipinski definition) is 3. The molecule has 0 aromatic carbocycles. The number of carboxylic acid groups (broad SMARTS) is 1. The molecule has 5 heteroatoms. The van der Waals surface area contributed by atoms with Crippen molar-refractivity contribution < 1.29 is 26.7 Å². The average Bonchev–Trinajstić information content (AvgIpc) is 2.35. The second-order valence-electron chi connectivity index (χ2n) is 3.06. The number of rotatable bonds is 5. The third kappa shape index (κ3) is 3.68. The topological polar surface area (TPSA) is 67.5 Å². The molecule has 1 aromatic rings. The molecule has 1 aromatic heterocycles. The fraction of sp³-hybridized carbons (Fsp3) is 0.364. The summed E-state index contributed by atoms with van der Waals surface area (Å²) >= 11 is 0. The fourth-order valence-electron chi connectivity index (χ4n) is 1.17. The summed E-state index contributed by atoms with van der Waals surface area (Å²) in [4.78, 5) is 21.9. The summed E-state index contributed by atoms with van der Waals surface area (Å²) in [6.07, 6.45) is 1.38. The van der Waals surface area contributed by atoms with Gasteiger partial charge in [-0.1, -0.05) is 6.07 Å². The van der Waals surface area contributed by atoms with Crippen molar-refractivity contribution in [2.45, 2.75) is 19.3 Å². The van der Waals surface area contributed by atoms with E-state index < -0.39 is 18.4 Å². The minimum atomic E-state index is -2.36. The maximum atomic E-state index is 11.4. The van der Waals surface area contributed by atoms with E-state index in [0.717, 1.165) is 11.7 Å². The molecule has 0 fully saturated rings. The third-order valence-electron chi connectivity index (χ3n) is 1.94. The van der Waals surface area contributed by atoms with E-state index >= 15 is 0 Å². The molecule has 0 saturated carbocycles. The van der Waals surface area contributed by atoms with Crippen molar-refractivity contribution in [1.82, 2.24) is 0 Å². The molecule has 1 N–H and O–H groups in total. The van der Waals surface area contributed by atoms with Crippen LogP contribution in [-0.4, -0.2) is 24.2 Å². The predicted octanol–water partition coefficient (Wildman–Crippen LogP) is 0.164. The second kappa shape index (κ2) is 5.85. The zero-order valence-corrected chi connectivity index (χ0v) is 8.84. The molecule has 0 amide bonds. The Balaban J connectivity index is 3.08. The zero-order valence-electron chi connectivity index (χ0n) is 10.8. The number of carboxylic acids is 1. The van der Waals surface area contributed by atoms with Crippen molar-refractivity contribution >= 4 is 11.9 Å². The highest BCUT2D eigenvalue weighted by Crippen LogP contribution is 1.97. The van der Waals surface area contributed by atoms with Crippen molar-refractivity contribution in [3.05, 3.63) is 30.1 Å². The second-order valence-corrected chi connectivity index (χ2v) is 3.06. The summed E-state index contributed by atoms with van der Waals surface area (Å²) < 4.78 is 20.9. The first-order chi connectivity index (χ1) is 8.39. The van der Waals surface area contributed by atoms with E-state index in [2.05, 4.69) is 4.74 Å². The minimum absolute atomic E-state index is 0.132. The monoisotopic (exact) mass is 226 g/mol. The number of pyridine rings is 1. The number of carbonyl (C=O) groups excluding carboxylic acids is 1. The van der Waals surface area contributed by atoms with Gasteiger partial charge in [0.05, 0.1) is 13.5 Å². The van der Waals surface area contributed by atoms with E-state index in [1.54, 1.807) is 18.2 Å². The van der Waals surface area contributed by atoms with Gasteiger partial charge in [-0.05, 0) is 0 Å². The highest BCUT2D eigenvalue weighted by molar-refractivity contribution is 5.67. The molecule has 86 valence electrons. The van der Waals surface area contributed by atoms with Gasteiger partial charge in [-0.3, -0.25) is 4.79 Å². The third-order valence-corrected chi connectivity index (χ3v) is 1.94. The lowest BCUT2D eigenvalue weighted by Crippen LogP contribution is -2.42. The van der Waals surface area contributed by atoms with Gasteiger partial charge in [-0.2, -0.15) is 4.57 Å². The van der Waals surface area contributed by atoms with Crippen LogP contribution < -0.4 is 4.57 Å². The van der Waals surface area contributed by atoms with Crippen molar-refractivity contribution in [2.24, 2.45) is 0 Å². The van der Waals surface area contributed by atoms with Gasteiger partial charge in [0.1, 0.15) is 2.74 Å². The lowest BCUT2D eigenvalue weighted by molar-refractivity contribution is -0.693. The number of aryl methyl sites for hydroxylation is 1. The standard InChI is InChI=1S/C11H13NO4/c1-16-11(15)8-12-7-3-2-4-9(12)5-6-10(13)14/h2-4,7H,5-6,8H2,1H3/p+1/i8D2. The number of esters is 1. The van der Waals surface area contributed by atoms with Crippen LogP contribution in [-0.2, 0) is 27.2 Å². The molecule has 0 aliphatic rings. The Morgan fingerprint density at radius 1 is 1.56 bits per heavy atom. The van der Waals surface area contributed by atoms with Gasteiger partial charge < -0.3 is 9.84 Å². The van der Waals surface area contributed by atoms with Gasteiger partial charge in [0.25, 0.3) is 0 Å². The van der Waals surface area contributed by atoms with E-state index in [4.69, 9.17) is 7.85 Å². The summed E-state index contributed by atoms with van der Waals surface area (Å²) in [5.41, 5.74) is 0.412. The summed E-state index contributed by atoms with van der Waals surface area (Å²) in [6.45, 7) is -2.36. The molecule has 16 heavy (non-hydrogen) atoms. The minimum Gasteiger partial charge on any atom is -0.481 e. The number of nitrogens with zero attached hydrogens (tertiary/aromatic N) is 1. The number of ether oxygens (including phenoxy) is 1. The van der Waals surface area contributed by atoms with Crippen LogP contribution in [0.2, 0.25) is 0 Å². The molecule has 0 aliphatic heterocycles. The van der Waals surface area contributed by atoms with Crippen molar-refractivity contribution in [3.63, 3.8) is 0 Å². The zero-order chi connectivity index (χ0) is 13.8. The predicted molar refractivity (Wildman–Crippen MR) is 54.6 cm³/mol. The van der Waals surface area contributed by atoms with Gasteiger partial charge in [0.15, 0.2) is 11.9 Å².